The summed E-state index contributed by atoms with van der Waals surface area (Å²) in [4.78, 5) is 13.1. The smallest absolute Gasteiger partial charge is 0.316 e. The molecule has 1 heterocycles. The second kappa shape index (κ2) is 7.03. The van der Waals surface area contributed by atoms with Gasteiger partial charge in [0.25, 0.3) is 0 Å². The van der Waals surface area contributed by atoms with Gasteiger partial charge in [0.15, 0.2) is 0 Å². The first-order valence-electron chi connectivity index (χ1n) is 4.89. The highest BCUT2D eigenvalue weighted by atomic mass is 32.2. The average molecular weight is 249 g/mol. The molecule has 0 bridgehead atoms. The first kappa shape index (κ1) is 12.7. The first-order chi connectivity index (χ1) is 7.24. The fraction of sp³-hybridized carbons (Fsp3) is 0.778. The Bertz CT molecular complexity index is 229. The highest BCUT2D eigenvalue weighted by Gasteiger charge is 2.15. The van der Waals surface area contributed by atoms with Gasteiger partial charge in [0.2, 0.25) is 0 Å². The molecule has 0 aromatic carbocycles. The largest absolute Gasteiger partial charge is 0.465 e. The first-order valence-corrected chi connectivity index (χ1v) is 6.28. The van der Waals surface area contributed by atoms with Gasteiger partial charge >= 0.3 is 5.97 Å². The van der Waals surface area contributed by atoms with Crippen LogP contribution >= 0.6 is 24.0 Å². The summed E-state index contributed by atoms with van der Waals surface area (Å²) in [6.07, 6.45) is 0. The number of nitrogens with zero attached hydrogens (tertiary/aromatic N) is 1. The molecule has 1 saturated heterocycles. The van der Waals surface area contributed by atoms with Crippen molar-refractivity contribution >= 4 is 34.3 Å². The van der Waals surface area contributed by atoms with E-state index in [1.165, 1.54) is 11.8 Å². The topological polar surface area (TPSA) is 38.8 Å². The molecule has 0 radical (unpaired) electrons. The minimum atomic E-state index is -0.210. The molecule has 1 aliphatic heterocycles. The molecule has 0 saturated carbocycles. The van der Waals surface area contributed by atoms with Gasteiger partial charge in [-0.3, -0.25) is 4.79 Å². The third-order valence-electron chi connectivity index (χ3n) is 1.89. The number of carbonyl (C=O) groups is 1. The maximum atomic E-state index is 11.1. The quantitative estimate of drug-likeness (QED) is 0.546. The van der Waals surface area contributed by atoms with Crippen LogP contribution in [0.25, 0.3) is 0 Å². The lowest BCUT2D eigenvalue weighted by Crippen LogP contribution is -2.38. The van der Waals surface area contributed by atoms with Crippen molar-refractivity contribution in [1.82, 2.24) is 4.90 Å². The van der Waals surface area contributed by atoms with Gasteiger partial charge in [-0.05, 0) is 6.92 Å². The monoisotopic (exact) mass is 249 g/mol. The van der Waals surface area contributed by atoms with Crippen molar-refractivity contribution < 1.29 is 14.3 Å². The van der Waals surface area contributed by atoms with E-state index in [4.69, 9.17) is 21.7 Å². The normalized spacial score (nSPS) is 16.2. The van der Waals surface area contributed by atoms with Gasteiger partial charge in [-0.25, -0.2) is 0 Å². The molecule has 0 atom stereocenters. The number of morpholine rings is 1. The molecule has 4 nitrogen and oxygen atoms in total. The molecule has 1 rings (SSSR count). The van der Waals surface area contributed by atoms with Gasteiger partial charge in [-0.15, -0.1) is 0 Å². The molecule has 6 heteroatoms. The number of ether oxygens (including phenoxy) is 2. The molecule has 86 valence electrons. The SMILES string of the molecule is CCOC(=O)CSC(=S)N1CCOCC1. The summed E-state index contributed by atoms with van der Waals surface area (Å²) in [5.41, 5.74) is 0. The molecule has 0 spiro atoms. The Morgan fingerprint density at radius 1 is 1.53 bits per heavy atom. The second-order valence-corrected chi connectivity index (χ2v) is 4.57. The molecule has 15 heavy (non-hydrogen) atoms. The molecule has 0 aromatic rings. The predicted molar refractivity (Wildman–Crippen MR) is 64.1 cm³/mol. The van der Waals surface area contributed by atoms with Gasteiger partial charge in [0.05, 0.1) is 25.6 Å². The van der Waals surface area contributed by atoms with Crippen LogP contribution in [-0.2, 0) is 14.3 Å². The van der Waals surface area contributed by atoms with Crippen LogP contribution in [0.3, 0.4) is 0 Å². The number of carbonyl (C=O) groups excluding carboxylic acids is 1. The van der Waals surface area contributed by atoms with E-state index in [9.17, 15) is 4.79 Å². The van der Waals surface area contributed by atoms with Crippen LogP contribution in [0, 0.1) is 0 Å². The standard InChI is InChI=1S/C9H15NO3S2/c1-2-13-8(11)7-15-9(14)10-3-5-12-6-4-10/h2-7H2,1H3. The third-order valence-corrected chi connectivity index (χ3v) is 3.39. The molecule has 0 amide bonds. The number of hydrogen-bond acceptors (Lipinski definition) is 5. The number of rotatable bonds is 3. The summed E-state index contributed by atoms with van der Waals surface area (Å²) in [5, 5.41) is 0. The summed E-state index contributed by atoms with van der Waals surface area (Å²) in [6, 6.07) is 0. The lowest BCUT2D eigenvalue weighted by Gasteiger charge is -2.28. The predicted octanol–water partition coefficient (Wildman–Crippen LogP) is 0.900. The summed E-state index contributed by atoms with van der Waals surface area (Å²) < 4.78 is 10.8. The maximum Gasteiger partial charge on any atom is 0.316 e. The van der Waals surface area contributed by atoms with Crippen molar-refractivity contribution in [3.05, 3.63) is 0 Å². The van der Waals surface area contributed by atoms with Crippen molar-refractivity contribution in [2.24, 2.45) is 0 Å². The van der Waals surface area contributed by atoms with Crippen LogP contribution in [0.1, 0.15) is 6.92 Å². The second-order valence-electron chi connectivity index (χ2n) is 2.96. The van der Waals surface area contributed by atoms with Crippen LogP contribution in [-0.4, -0.2) is 53.9 Å². The van der Waals surface area contributed by atoms with Crippen molar-refractivity contribution in [2.45, 2.75) is 6.92 Å². The maximum absolute atomic E-state index is 11.1. The Morgan fingerprint density at radius 3 is 2.80 bits per heavy atom. The van der Waals surface area contributed by atoms with Crippen molar-refractivity contribution in [2.75, 3.05) is 38.7 Å². The van der Waals surface area contributed by atoms with Gasteiger partial charge in [0, 0.05) is 13.1 Å². The Kier molecular flexibility index (Phi) is 5.97. The highest BCUT2D eigenvalue weighted by molar-refractivity contribution is 8.23. The molecule has 0 aromatic heterocycles. The number of thioether (sulfide) groups is 1. The van der Waals surface area contributed by atoms with E-state index in [1.807, 2.05) is 0 Å². The Hall–Kier alpha value is -0.330. The molecule has 1 fully saturated rings. The molecular formula is C9H15NO3S2. The van der Waals surface area contributed by atoms with Gasteiger partial charge < -0.3 is 14.4 Å². The highest BCUT2D eigenvalue weighted by Crippen LogP contribution is 2.11. The molecule has 0 unspecified atom stereocenters. The lowest BCUT2D eigenvalue weighted by atomic mass is 10.5. The molecule has 0 aliphatic carbocycles. The fourth-order valence-electron chi connectivity index (χ4n) is 1.16. The number of hydrogen-bond donors (Lipinski definition) is 0. The van der Waals surface area contributed by atoms with E-state index in [2.05, 4.69) is 4.90 Å². The Labute approximate surface area is 99.3 Å². The zero-order valence-electron chi connectivity index (χ0n) is 8.73. The van der Waals surface area contributed by atoms with Crippen LogP contribution in [0.15, 0.2) is 0 Å². The van der Waals surface area contributed by atoms with E-state index in [-0.39, 0.29) is 5.97 Å². The average Bonchev–Trinajstić information content (AvgIpc) is 2.27. The van der Waals surface area contributed by atoms with Crippen molar-refractivity contribution in [3.8, 4) is 0 Å². The minimum Gasteiger partial charge on any atom is -0.465 e. The number of esters is 1. The van der Waals surface area contributed by atoms with Crippen LogP contribution in [0.5, 0.6) is 0 Å². The summed E-state index contributed by atoms with van der Waals surface area (Å²) in [7, 11) is 0. The lowest BCUT2D eigenvalue weighted by molar-refractivity contribution is -0.139. The minimum absolute atomic E-state index is 0.210. The van der Waals surface area contributed by atoms with Crippen LogP contribution < -0.4 is 0 Å². The Balaban J connectivity index is 2.19. The van der Waals surface area contributed by atoms with E-state index in [1.54, 1.807) is 6.92 Å². The molecular weight excluding hydrogens is 234 g/mol. The van der Waals surface area contributed by atoms with E-state index >= 15 is 0 Å². The molecule has 1 aliphatic rings. The van der Waals surface area contributed by atoms with Crippen LogP contribution in [0.4, 0.5) is 0 Å². The van der Waals surface area contributed by atoms with Gasteiger partial charge in [0.1, 0.15) is 4.32 Å². The zero-order chi connectivity index (χ0) is 11.1. The zero-order valence-corrected chi connectivity index (χ0v) is 10.4. The van der Waals surface area contributed by atoms with Crippen LogP contribution in [0.2, 0.25) is 0 Å². The summed E-state index contributed by atoms with van der Waals surface area (Å²) >= 11 is 6.56. The Morgan fingerprint density at radius 2 is 2.20 bits per heavy atom. The summed E-state index contributed by atoms with van der Waals surface area (Å²) in [5.74, 6) is 0.0856. The van der Waals surface area contributed by atoms with Crippen molar-refractivity contribution in [3.63, 3.8) is 0 Å². The summed E-state index contributed by atoms with van der Waals surface area (Å²) in [6.45, 7) is 5.26. The fourth-order valence-corrected chi connectivity index (χ4v) is 2.21. The van der Waals surface area contributed by atoms with E-state index < -0.39 is 0 Å². The van der Waals surface area contributed by atoms with E-state index in [0.29, 0.717) is 25.6 Å². The number of thiocarbonyl (C=S) groups is 1. The van der Waals surface area contributed by atoms with Gasteiger partial charge in [-0.2, -0.15) is 0 Å². The third kappa shape index (κ3) is 4.81. The van der Waals surface area contributed by atoms with Gasteiger partial charge in [-0.1, -0.05) is 24.0 Å². The molecule has 0 N–H and O–H groups in total. The van der Waals surface area contributed by atoms with Crippen molar-refractivity contribution in [1.29, 1.82) is 0 Å². The van der Waals surface area contributed by atoms with E-state index in [0.717, 1.165) is 17.4 Å².